The number of pyridine rings is 1. The zero-order valence-electron chi connectivity index (χ0n) is 10.7. The average Bonchev–Trinajstić information content (AvgIpc) is 2.42. The molecular formula is C12H19N3O3. The van der Waals surface area contributed by atoms with Crippen LogP contribution in [0.25, 0.3) is 0 Å². The highest BCUT2D eigenvalue weighted by Gasteiger charge is 2.00. The monoisotopic (exact) mass is 253 g/mol. The largest absolute Gasteiger partial charge is 0.481 e. The molecule has 0 aliphatic rings. The molecule has 100 valence electrons. The lowest BCUT2D eigenvalue weighted by atomic mass is 10.3. The highest BCUT2D eigenvalue weighted by molar-refractivity contribution is 5.73. The first-order chi connectivity index (χ1) is 8.76. The van der Waals surface area contributed by atoms with E-state index in [9.17, 15) is 4.79 Å². The maximum Gasteiger partial charge on any atom is 0.315 e. The number of rotatable bonds is 7. The molecular weight excluding hydrogens is 234 g/mol. The van der Waals surface area contributed by atoms with Gasteiger partial charge in [-0.2, -0.15) is 0 Å². The predicted molar refractivity (Wildman–Crippen MR) is 67.5 cm³/mol. The van der Waals surface area contributed by atoms with E-state index in [0.29, 0.717) is 25.6 Å². The summed E-state index contributed by atoms with van der Waals surface area (Å²) in [5, 5.41) is 5.48. The summed E-state index contributed by atoms with van der Waals surface area (Å²) in [7, 11) is 3.20. The van der Waals surface area contributed by atoms with Gasteiger partial charge in [0.15, 0.2) is 0 Å². The maximum absolute atomic E-state index is 11.4. The number of hydrogen-bond donors (Lipinski definition) is 2. The SMILES string of the molecule is COCCCNC(=O)NCc1ccc(OC)nc1. The molecule has 18 heavy (non-hydrogen) atoms. The molecule has 6 heteroatoms. The lowest BCUT2D eigenvalue weighted by Gasteiger charge is -2.07. The van der Waals surface area contributed by atoms with Crippen LogP contribution in [0.15, 0.2) is 18.3 Å². The van der Waals surface area contributed by atoms with Crippen LogP contribution in [0.2, 0.25) is 0 Å². The first-order valence-corrected chi connectivity index (χ1v) is 5.76. The van der Waals surface area contributed by atoms with Crippen LogP contribution in [0.5, 0.6) is 5.88 Å². The molecule has 0 saturated carbocycles. The number of carbonyl (C=O) groups excluding carboxylic acids is 1. The summed E-state index contributed by atoms with van der Waals surface area (Å²) in [5.74, 6) is 0.558. The average molecular weight is 253 g/mol. The van der Waals surface area contributed by atoms with Gasteiger partial charge in [-0.25, -0.2) is 9.78 Å². The fourth-order valence-electron chi connectivity index (χ4n) is 1.30. The highest BCUT2D eigenvalue weighted by Crippen LogP contribution is 2.05. The lowest BCUT2D eigenvalue weighted by molar-refractivity contribution is 0.193. The summed E-state index contributed by atoms with van der Waals surface area (Å²) in [6, 6.07) is 3.42. The van der Waals surface area contributed by atoms with Gasteiger partial charge in [0.05, 0.1) is 7.11 Å². The molecule has 1 heterocycles. The van der Waals surface area contributed by atoms with Crippen molar-refractivity contribution in [2.24, 2.45) is 0 Å². The van der Waals surface area contributed by atoms with Gasteiger partial charge in [0.1, 0.15) is 0 Å². The van der Waals surface area contributed by atoms with E-state index in [2.05, 4.69) is 15.6 Å². The Balaban J connectivity index is 2.20. The van der Waals surface area contributed by atoms with Crippen LogP contribution >= 0.6 is 0 Å². The Morgan fingerprint density at radius 2 is 2.17 bits per heavy atom. The van der Waals surface area contributed by atoms with Gasteiger partial charge in [-0.15, -0.1) is 0 Å². The Labute approximate surface area is 107 Å². The molecule has 0 atom stereocenters. The minimum Gasteiger partial charge on any atom is -0.481 e. The first kappa shape index (κ1) is 14.2. The van der Waals surface area contributed by atoms with Crippen LogP contribution in [-0.2, 0) is 11.3 Å². The molecule has 0 unspecified atom stereocenters. The Morgan fingerprint density at radius 3 is 2.78 bits per heavy atom. The predicted octanol–water partition coefficient (Wildman–Crippen LogP) is 0.926. The molecule has 0 aromatic carbocycles. The van der Waals surface area contributed by atoms with Gasteiger partial charge in [-0.05, 0) is 12.0 Å². The number of hydrogen-bond acceptors (Lipinski definition) is 4. The maximum atomic E-state index is 11.4. The third kappa shape index (κ3) is 5.49. The van der Waals surface area contributed by atoms with Crippen LogP contribution in [0.3, 0.4) is 0 Å². The minimum absolute atomic E-state index is 0.193. The number of amides is 2. The van der Waals surface area contributed by atoms with Crippen LogP contribution in [0, 0.1) is 0 Å². The Morgan fingerprint density at radius 1 is 1.33 bits per heavy atom. The van der Waals surface area contributed by atoms with Gasteiger partial charge in [-0.3, -0.25) is 0 Å². The Kier molecular flexibility index (Phi) is 6.56. The number of urea groups is 1. The van der Waals surface area contributed by atoms with Crippen molar-refractivity contribution in [1.82, 2.24) is 15.6 Å². The fraction of sp³-hybridized carbons (Fsp3) is 0.500. The molecule has 0 radical (unpaired) electrons. The van der Waals surface area contributed by atoms with Gasteiger partial charge < -0.3 is 20.1 Å². The zero-order chi connectivity index (χ0) is 13.2. The van der Waals surface area contributed by atoms with Crippen LogP contribution in [0.1, 0.15) is 12.0 Å². The topological polar surface area (TPSA) is 72.5 Å². The molecule has 6 nitrogen and oxygen atoms in total. The van der Waals surface area contributed by atoms with Crippen LogP contribution < -0.4 is 15.4 Å². The van der Waals surface area contributed by atoms with E-state index in [1.807, 2.05) is 6.07 Å². The molecule has 2 amide bonds. The summed E-state index contributed by atoms with van der Waals surface area (Å²) >= 11 is 0. The van der Waals surface area contributed by atoms with E-state index in [1.54, 1.807) is 26.5 Å². The van der Waals surface area contributed by atoms with Crippen molar-refractivity contribution in [2.45, 2.75) is 13.0 Å². The van der Waals surface area contributed by atoms with Crippen molar-refractivity contribution in [3.05, 3.63) is 23.9 Å². The molecule has 1 rings (SSSR count). The summed E-state index contributed by atoms with van der Waals surface area (Å²) in [6.07, 6.45) is 2.47. The number of carbonyl (C=O) groups is 1. The van der Waals surface area contributed by atoms with E-state index in [4.69, 9.17) is 9.47 Å². The highest BCUT2D eigenvalue weighted by atomic mass is 16.5. The number of methoxy groups -OCH3 is 2. The molecule has 0 fully saturated rings. The van der Waals surface area contributed by atoms with Gasteiger partial charge in [0.25, 0.3) is 0 Å². The van der Waals surface area contributed by atoms with Gasteiger partial charge in [-0.1, -0.05) is 6.07 Å². The van der Waals surface area contributed by atoms with Crippen LogP contribution in [-0.4, -0.2) is 38.4 Å². The van der Waals surface area contributed by atoms with Crippen molar-refractivity contribution < 1.29 is 14.3 Å². The van der Waals surface area contributed by atoms with E-state index >= 15 is 0 Å². The summed E-state index contributed by atoms with van der Waals surface area (Å²) < 4.78 is 9.83. The summed E-state index contributed by atoms with van der Waals surface area (Å²) in [6.45, 7) is 1.68. The zero-order valence-corrected chi connectivity index (χ0v) is 10.7. The molecule has 2 N–H and O–H groups in total. The molecule has 0 aliphatic carbocycles. The van der Waals surface area contributed by atoms with E-state index in [1.165, 1.54) is 0 Å². The second kappa shape index (κ2) is 8.30. The fourth-order valence-corrected chi connectivity index (χ4v) is 1.30. The molecule has 1 aromatic heterocycles. The molecule has 0 spiro atoms. The molecule has 0 saturated heterocycles. The quantitative estimate of drug-likeness (QED) is 0.709. The van der Waals surface area contributed by atoms with E-state index in [-0.39, 0.29) is 6.03 Å². The third-order valence-electron chi connectivity index (χ3n) is 2.27. The number of nitrogens with one attached hydrogen (secondary N) is 2. The smallest absolute Gasteiger partial charge is 0.315 e. The molecule has 0 bridgehead atoms. The third-order valence-corrected chi connectivity index (χ3v) is 2.27. The first-order valence-electron chi connectivity index (χ1n) is 5.76. The van der Waals surface area contributed by atoms with Crippen molar-refractivity contribution in [3.63, 3.8) is 0 Å². The van der Waals surface area contributed by atoms with Gasteiger partial charge in [0, 0.05) is 39.1 Å². The van der Waals surface area contributed by atoms with Gasteiger partial charge in [0.2, 0.25) is 5.88 Å². The number of nitrogens with zero attached hydrogens (tertiary/aromatic N) is 1. The minimum atomic E-state index is -0.193. The number of ether oxygens (including phenoxy) is 2. The standard InChI is InChI=1S/C12H19N3O3/c1-17-7-3-6-13-12(16)15-9-10-4-5-11(18-2)14-8-10/h4-5,8H,3,6-7,9H2,1-2H3,(H2,13,15,16). The van der Waals surface area contributed by atoms with E-state index < -0.39 is 0 Å². The number of aromatic nitrogens is 1. The Hall–Kier alpha value is -1.82. The lowest BCUT2D eigenvalue weighted by Crippen LogP contribution is -2.35. The second-order valence-electron chi connectivity index (χ2n) is 3.66. The molecule has 0 aliphatic heterocycles. The van der Waals surface area contributed by atoms with E-state index in [0.717, 1.165) is 12.0 Å². The van der Waals surface area contributed by atoms with Crippen molar-refractivity contribution in [3.8, 4) is 5.88 Å². The summed E-state index contributed by atoms with van der Waals surface area (Å²) in [4.78, 5) is 15.4. The molecule has 1 aromatic rings. The van der Waals surface area contributed by atoms with Gasteiger partial charge >= 0.3 is 6.03 Å². The van der Waals surface area contributed by atoms with Crippen molar-refractivity contribution in [1.29, 1.82) is 0 Å². The van der Waals surface area contributed by atoms with Crippen molar-refractivity contribution >= 4 is 6.03 Å². The second-order valence-corrected chi connectivity index (χ2v) is 3.66. The summed E-state index contributed by atoms with van der Waals surface area (Å²) in [5.41, 5.74) is 0.919. The van der Waals surface area contributed by atoms with Crippen LogP contribution in [0.4, 0.5) is 4.79 Å². The van der Waals surface area contributed by atoms with Crippen molar-refractivity contribution in [2.75, 3.05) is 27.4 Å². The normalized spacial score (nSPS) is 9.89. The Bertz CT molecular complexity index is 354.